The van der Waals surface area contributed by atoms with Crippen molar-refractivity contribution in [3.05, 3.63) is 35.4 Å². The highest BCUT2D eigenvalue weighted by molar-refractivity contribution is 6.21. The lowest BCUT2D eigenvalue weighted by Crippen LogP contribution is -2.46. The average Bonchev–Trinajstić information content (AvgIpc) is 2.96. The van der Waals surface area contributed by atoms with Gasteiger partial charge in [0.05, 0.1) is 17.2 Å². The molecule has 0 bridgehead atoms. The third kappa shape index (κ3) is 1.77. The number of hydrogen-bond acceptors (Lipinski definition) is 4. The lowest BCUT2D eigenvalue weighted by molar-refractivity contribution is -0.0623. The normalized spacial score (nSPS) is 35.0. The molecule has 2 aliphatic heterocycles. The SMILES string of the molecule is O=C1c2ccccc2C(=O)N1C1OC2CCCC[C@H]2[C@H]1O. The van der Waals surface area contributed by atoms with Gasteiger partial charge in [0, 0.05) is 5.92 Å². The molecule has 1 N–H and O–H groups in total. The fourth-order valence-electron chi connectivity index (χ4n) is 3.81. The molecule has 0 aromatic heterocycles. The van der Waals surface area contributed by atoms with Crippen molar-refractivity contribution in [2.75, 3.05) is 0 Å². The van der Waals surface area contributed by atoms with Crippen LogP contribution in [0.5, 0.6) is 0 Å². The van der Waals surface area contributed by atoms with E-state index in [1.54, 1.807) is 24.3 Å². The Morgan fingerprint density at radius 2 is 1.67 bits per heavy atom. The first-order chi connectivity index (χ1) is 10.2. The van der Waals surface area contributed by atoms with Crippen molar-refractivity contribution in [2.24, 2.45) is 5.92 Å². The second-order valence-electron chi connectivity index (χ2n) is 6.03. The van der Waals surface area contributed by atoms with Crippen LogP contribution in [0, 0.1) is 5.92 Å². The van der Waals surface area contributed by atoms with E-state index in [-0.39, 0.29) is 23.8 Å². The number of fused-ring (bicyclic) bond motifs is 2. The van der Waals surface area contributed by atoms with Crippen LogP contribution in [0.2, 0.25) is 0 Å². The highest BCUT2D eigenvalue weighted by Gasteiger charge is 2.52. The van der Waals surface area contributed by atoms with Gasteiger partial charge in [-0.1, -0.05) is 25.0 Å². The van der Waals surface area contributed by atoms with Gasteiger partial charge in [0.15, 0.2) is 6.23 Å². The molecule has 110 valence electrons. The van der Waals surface area contributed by atoms with Crippen molar-refractivity contribution in [3.63, 3.8) is 0 Å². The van der Waals surface area contributed by atoms with Gasteiger partial charge in [-0.3, -0.25) is 9.59 Å². The van der Waals surface area contributed by atoms with Gasteiger partial charge in [0.1, 0.15) is 6.10 Å². The van der Waals surface area contributed by atoms with E-state index in [1.165, 1.54) is 0 Å². The van der Waals surface area contributed by atoms with E-state index in [4.69, 9.17) is 4.74 Å². The van der Waals surface area contributed by atoms with Crippen molar-refractivity contribution >= 4 is 11.8 Å². The molecule has 1 aliphatic carbocycles. The van der Waals surface area contributed by atoms with E-state index in [9.17, 15) is 14.7 Å². The van der Waals surface area contributed by atoms with Crippen LogP contribution in [0.25, 0.3) is 0 Å². The number of aliphatic hydroxyl groups is 1. The molecule has 2 unspecified atom stereocenters. The Labute approximate surface area is 122 Å². The lowest BCUT2D eigenvalue weighted by atomic mass is 9.84. The maximum Gasteiger partial charge on any atom is 0.263 e. The fourth-order valence-corrected chi connectivity index (χ4v) is 3.81. The Morgan fingerprint density at radius 3 is 2.29 bits per heavy atom. The topological polar surface area (TPSA) is 66.8 Å². The fraction of sp³-hybridized carbons (Fsp3) is 0.500. The lowest BCUT2D eigenvalue weighted by Gasteiger charge is -2.25. The predicted molar refractivity (Wildman–Crippen MR) is 73.6 cm³/mol. The summed E-state index contributed by atoms with van der Waals surface area (Å²) in [7, 11) is 0. The van der Waals surface area contributed by atoms with Crippen LogP contribution >= 0.6 is 0 Å². The second kappa shape index (κ2) is 4.64. The molecule has 1 saturated carbocycles. The first-order valence-electron chi connectivity index (χ1n) is 7.49. The third-order valence-corrected chi connectivity index (χ3v) is 4.88. The maximum atomic E-state index is 12.5. The van der Waals surface area contributed by atoms with Crippen LogP contribution in [0.3, 0.4) is 0 Å². The minimum Gasteiger partial charge on any atom is -0.388 e. The molecule has 1 saturated heterocycles. The van der Waals surface area contributed by atoms with Crippen LogP contribution in [0.4, 0.5) is 0 Å². The zero-order chi connectivity index (χ0) is 14.6. The average molecular weight is 287 g/mol. The third-order valence-electron chi connectivity index (χ3n) is 4.88. The summed E-state index contributed by atoms with van der Waals surface area (Å²) < 4.78 is 5.87. The molecular formula is C16H17NO4. The molecule has 2 fully saturated rings. The number of imide groups is 1. The zero-order valence-corrected chi connectivity index (χ0v) is 11.6. The number of benzene rings is 1. The van der Waals surface area contributed by atoms with E-state index in [0.29, 0.717) is 11.1 Å². The van der Waals surface area contributed by atoms with E-state index in [1.807, 2.05) is 0 Å². The van der Waals surface area contributed by atoms with Gasteiger partial charge in [-0.25, -0.2) is 4.90 Å². The van der Waals surface area contributed by atoms with Gasteiger partial charge >= 0.3 is 0 Å². The zero-order valence-electron chi connectivity index (χ0n) is 11.6. The van der Waals surface area contributed by atoms with Gasteiger partial charge in [0.25, 0.3) is 11.8 Å². The smallest absolute Gasteiger partial charge is 0.263 e. The number of carbonyl (C=O) groups excluding carboxylic acids is 2. The summed E-state index contributed by atoms with van der Waals surface area (Å²) in [5.74, 6) is -0.690. The van der Waals surface area contributed by atoms with Gasteiger partial charge in [-0.05, 0) is 25.0 Å². The summed E-state index contributed by atoms with van der Waals surface area (Å²) in [6, 6.07) is 6.76. The summed E-state index contributed by atoms with van der Waals surface area (Å²) in [6.45, 7) is 0. The Kier molecular flexibility index (Phi) is 2.87. The molecular weight excluding hydrogens is 270 g/mol. The first-order valence-corrected chi connectivity index (χ1v) is 7.49. The number of rotatable bonds is 1. The highest BCUT2D eigenvalue weighted by atomic mass is 16.5. The molecule has 4 rings (SSSR count). The molecule has 5 nitrogen and oxygen atoms in total. The Morgan fingerprint density at radius 1 is 1.05 bits per heavy atom. The summed E-state index contributed by atoms with van der Waals surface area (Å²) in [6.07, 6.45) is 2.26. The molecule has 2 heterocycles. The van der Waals surface area contributed by atoms with Crippen molar-refractivity contribution < 1.29 is 19.4 Å². The number of nitrogens with zero attached hydrogens (tertiary/aromatic N) is 1. The second-order valence-corrected chi connectivity index (χ2v) is 6.03. The summed E-state index contributed by atoms with van der Waals surface area (Å²) >= 11 is 0. The quantitative estimate of drug-likeness (QED) is 0.796. The first kappa shape index (κ1) is 13.0. The number of hydrogen-bond donors (Lipinski definition) is 1. The molecule has 0 radical (unpaired) electrons. The molecule has 1 aromatic carbocycles. The Hall–Kier alpha value is -1.72. The van der Waals surface area contributed by atoms with Crippen LogP contribution in [-0.2, 0) is 4.74 Å². The van der Waals surface area contributed by atoms with Crippen molar-refractivity contribution in [3.8, 4) is 0 Å². The minimum absolute atomic E-state index is 0.0352. The summed E-state index contributed by atoms with van der Waals surface area (Å²) in [5.41, 5.74) is 0.793. The standard InChI is InChI=1S/C16H17NO4/c18-13-11-7-3-4-8-12(11)21-16(13)17-14(19)9-5-1-2-6-10(9)15(17)20/h1-2,5-6,11-13,16,18H,3-4,7-8H2/t11-,12?,13-,16?/m1/s1. The number of carbonyl (C=O) groups is 2. The summed E-state index contributed by atoms with van der Waals surface area (Å²) in [4.78, 5) is 26.0. The highest BCUT2D eigenvalue weighted by Crippen LogP contribution is 2.40. The van der Waals surface area contributed by atoms with Crippen LogP contribution in [0.1, 0.15) is 46.4 Å². The van der Waals surface area contributed by atoms with Gasteiger partial charge in [-0.2, -0.15) is 0 Å². The van der Waals surface area contributed by atoms with Crippen molar-refractivity contribution in [2.45, 2.75) is 44.1 Å². The molecule has 21 heavy (non-hydrogen) atoms. The van der Waals surface area contributed by atoms with Crippen molar-refractivity contribution in [1.82, 2.24) is 4.90 Å². The van der Waals surface area contributed by atoms with Crippen molar-refractivity contribution in [1.29, 1.82) is 0 Å². The number of ether oxygens (including phenoxy) is 1. The largest absolute Gasteiger partial charge is 0.388 e. The predicted octanol–water partition coefficient (Wildman–Crippen LogP) is 1.56. The van der Waals surface area contributed by atoms with E-state index >= 15 is 0 Å². The summed E-state index contributed by atoms with van der Waals surface area (Å²) in [5, 5.41) is 10.5. The molecule has 0 spiro atoms. The van der Waals surface area contributed by atoms with Crippen LogP contribution in [-0.4, -0.2) is 40.3 Å². The molecule has 2 amide bonds. The minimum atomic E-state index is -0.842. The Balaban J connectivity index is 1.66. The molecule has 1 aromatic rings. The van der Waals surface area contributed by atoms with E-state index in [0.717, 1.165) is 30.6 Å². The van der Waals surface area contributed by atoms with E-state index < -0.39 is 12.3 Å². The molecule has 3 aliphatic rings. The van der Waals surface area contributed by atoms with E-state index in [2.05, 4.69) is 0 Å². The van der Waals surface area contributed by atoms with Gasteiger partial charge in [-0.15, -0.1) is 0 Å². The Bertz CT molecular complexity index is 579. The van der Waals surface area contributed by atoms with Gasteiger partial charge in [0.2, 0.25) is 0 Å². The van der Waals surface area contributed by atoms with Gasteiger partial charge < -0.3 is 9.84 Å². The molecule has 5 heteroatoms. The van der Waals surface area contributed by atoms with Crippen LogP contribution in [0.15, 0.2) is 24.3 Å². The molecule has 4 atom stereocenters. The monoisotopic (exact) mass is 287 g/mol. The number of aliphatic hydroxyl groups excluding tert-OH is 1. The van der Waals surface area contributed by atoms with Crippen LogP contribution < -0.4 is 0 Å². The maximum absolute atomic E-state index is 12.5. The number of amides is 2.